The highest BCUT2D eigenvalue weighted by Crippen LogP contribution is 2.30. The van der Waals surface area contributed by atoms with Gasteiger partial charge in [0, 0.05) is 17.4 Å². The number of ether oxygens (including phenoxy) is 2. The highest BCUT2D eigenvalue weighted by Gasteiger charge is 2.11. The number of carbonyl (C=O) groups excluding carboxylic acids is 1. The number of rotatable bonds is 6. The molecule has 0 atom stereocenters. The molecule has 0 spiro atoms. The monoisotopic (exact) mass is 377 g/mol. The van der Waals surface area contributed by atoms with Crippen LogP contribution in [0.3, 0.4) is 0 Å². The summed E-state index contributed by atoms with van der Waals surface area (Å²) in [6, 6.07) is 14.9. The molecule has 6 nitrogen and oxygen atoms in total. The third kappa shape index (κ3) is 4.40. The first-order chi connectivity index (χ1) is 13.5. The highest BCUT2D eigenvalue weighted by molar-refractivity contribution is 6.03. The van der Waals surface area contributed by atoms with Gasteiger partial charge in [0.05, 0.1) is 26.1 Å². The van der Waals surface area contributed by atoms with Crippen LogP contribution in [0.5, 0.6) is 11.5 Å². The van der Waals surface area contributed by atoms with E-state index in [-0.39, 0.29) is 5.91 Å². The normalized spacial score (nSPS) is 10.3. The molecule has 0 aliphatic carbocycles. The number of pyridine rings is 1. The minimum atomic E-state index is -0.301. The summed E-state index contributed by atoms with van der Waals surface area (Å²) in [5.41, 5.74) is 5.10. The summed E-state index contributed by atoms with van der Waals surface area (Å²) < 4.78 is 10.5. The molecule has 1 amide bonds. The molecule has 0 bridgehead atoms. The number of benzene rings is 2. The molecular weight excluding hydrogens is 354 g/mol. The van der Waals surface area contributed by atoms with Crippen molar-refractivity contribution in [1.29, 1.82) is 0 Å². The summed E-state index contributed by atoms with van der Waals surface area (Å²) in [5.74, 6) is 0.840. The van der Waals surface area contributed by atoms with Gasteiger partial charge in [0.25, 0.3) is 5.91 Å². The quantitative estimate of drug-likeness (QED) is 0.651. The zero-order chi connectivity index (χ0) is 20.1. The second kappa shape index (κ2) is 8.43. The van der Waals surface area contributed by atoms with Gasteiger partial charge < -0.3 is 20.1 Å². The lowest BCUT2D eigenvalue weighted by atomic mass is 10.1. The lowest BCUT2D eigenvalue weighted by Gasteiger charge is -2.11. The lowest BCUT2D eigenvalue weighted by Crippen LogP contribution is -2.13. The first-order valence-corrected chi connectivity index (χ1v) is 8.84. The number of anilines is 3. The van der Waals surface area contributed by atoms with Crippen molar-refractivity contribution < 1.29 is 14.3 Å². The summed E-state index contributed by atoms with van der Waals surface area (Å²) in [7, 11) is 3.11. The minimum Gasteiger partial charge on any atom is -0.493 e. The average Bonchev–Trinajstić information content (AvgIpc) is 2.70. The lowest BCUT2D eigenvalue weighted by molar-refractivity contribution is 0.102. The first kappa shape index (κ1) is 19.2. The standard InChI is InChI=1S/C22H23N3O3/c1-14-5-8-18(15(2)11-14)24-17-6-9-19(23-13-17)22(26)25-16-7-10-20(27-3)21(12-16)28-4/h5-13,24H,1-4H3,(H,25,26). The van der Waals surface area contributed by atoms with Crippen LogP contribution in [0.4, 0.5) is 17.1 Å². The van der Waals surface area contributed by atoms with Gasteiger partial charge in [-0.2, -0.15) is 0 Å². The molecule has 3 rings (SSSR count). The Hall–Kier alpha value is -3.54. The molecule has 0 saturated heterocycles. The van der Waals surface area contributed by atoms with E-state index in [2.05, 4.69) is 28.6 Å². The molecule has 0 unspecified atom stereocenters. The summed E-state index contributed by atoms with van der Waals surface area (Å²) in [6.45, 7) is 4.11. The molecule has 1 heterocycles. The Labute approximate surface area is 164 Å². The zero-order valence-electron chi connectivity index (χ0n) is 16.4. The maximum absolute atomic E-state index is 12.5. The number of amides is 1. The zero-order valence-corrected chi connectivity index (χ0v) is 16.4. The maximum Gasteiger partial charge on any atom is 0.274 e. The average molecular weight is 377 g/mol. The molecule has 0 aliphatic rings. The van der Waals surface area contributed by atoms with Gasteiger partial charge in [-0.1, -0.05) is 17.7 Å². The topological polar surface area (TPSA) is 72.5 Å². The number of nitrogens with one attached hydrogen (secondary N) is 2. The van der Waals surface area contributed by atoms with Crippen LogP contribution in [0.2, 0.25) is 0 Å². The van der Waals surface area contributed by atoms with Gasteiger partial charge in [0.1, 0.15) is 5.69 Å². The molecule has 2 N–H and O–H groups in total. The van der Waals surface area contributed by atoms with Crippen LogP contribution in [0.25, 0.3) is 0 Å². The molecule has 1 aromatic heterocycles. The van der Waals surface area contributed by atoms with Crippen LogP contribution < -0.4 is 20.1 Å². The number of carbonyl (C=O) groups is 1. The van der Waals surface area contributed by atoms with Crippen molar-refractivity contribution in [2.45, 2.75) is 13.8 Å². The van der Waals surface area contributed by atoms with Crippen LogP contribution in [0.1, 0.15) is 21.6 Å². The van der Waals surface area contributed by atoms with Gasteiger partial charge >= 0.3 is 0 Å². The van der Waals surface area contributed by atoms with Crippen LogP contribution >= 0.6 is 0 Å². The van der Waals surface area contributed by atoms with Gasteiger partial charge in [-0.05, 0) is 49.7 Å². The molecule has 0 radical (unpaired) electrons. The van der Waals surface area contributed by atoms with Crippen molar-refractivity contribution in [3.63, 3.8) is 0 Å². The predicted molar refractivity (Wildman–Crippen MR) is 111 cm³/mol. The molecule has 0 saturated carbocycles. The fourth-order valence-corrected chi connectivity index (χ4v) is 2.82. The van der Waals surface area contributed by atoms with Gasteiger partial charge in [-0.25, -0.2) is 4.98 Å². The van der Waals surface area contributed by atoms with Crippen molar-refractivity contribution in [1.82, 2.24) is 4.98 Å². The van der Waals surface area contributed by atoms with Gasteiger partial charge in [0.2, 0.25) is 0 Å². The Morgan fingerprint density at radius 2 is 1.64 bits per heavy atom. The molecule has 0 fully saturated rings. The number of methoxy groups -OCH3 is 2. The van der Waals surface area contributed by atoms with E-state index < -0.39 is 0 Å². The van der Waals surface area contributed by atoms with Gasteiger partial charge in [-0.15, -0.1) is 0 Å². The number of aromatic nitrogens is 1. The summed E-state index contributed by atoms with van der Waals surface area (Å²) in [5, 5.41) is 6.13. The van der Waals surface area contributed by atoms with E-state index in [1.165, 1.54) is 5.56 Å². The second-order valence-electron chi connectivity index (χ2n) is 6.40. The number of hydrogen-bond donors (Lipinski definition) is 2. The minimum absolute atomic E-state index is 0.301. The molecule has 6 heteroatoms. The fraction of sp³-hybridized carbons (Fsp3) is 0.182. The van der Waals surface area contributed by atoms with E-state index in [1.807, 2.05) is 25.1 Å². The smallest absolute Gasteiger partial charge is 0.274 e. The Kier molecular flexibility index (Phi) is 5.79. The third-order valence-electron chi connectivity index (χ3n) is 4.30. The van der Waals surface area contributed by atoms with Crippen molar-refractivity contribution in [3.05, 3.63) is 71.5 Å². The van der Waals surface area contributed by atoms with Gasteiger partial charge in [0.15, 0.2) is 11.5 Å². The van der Waals surface area contributed by atoms with Gasteiger partial charge in [-0.3, -0.25) is 4.79 Å². The highest BCUT2D eigenvalue weighted by atomic mass is 16.5. The van der Waals surface area contributed by atoms with E-state index in [1.54, 1.807) is 44.7 Å². The largest absolute Gasteiger partial charge is 0.493 e. The molecule has 0 aliphatic heterocycles. The predicted octanol–water partition coefficient (Wildman–Crippen LogP) is 4.71. The first-order valence-electron chi connectivity index (χ1n) is 8.84. The fourth-order valence-electron chi connectivity index (χ4n) is 2.82. The van der Waals surface area contributed by atoms with Crippen molar-refractivity contribution >= 4 is 23.0 Å². The summed E-state index contributed by atoms with van der Waals surface area (Å²) in [6.07, 6.45) is 1.64. The second-order valence-corrected chi connectivity index (χ2v) is 6.40. The molecular formula is C22H23N3O3. The maximum atomic E-state index is 12.5. The number of hydrogen-bond acceptors (Lipinski definition) is 5. The Balaban J connectivity index is 1.70. The molecule has 144 valence electrons. The molecule has 3 aromatic rings. The van der Waals surface area contributed by atoms with E-state index >= 15 is 0 Å². The van der Waals surface area contributed by atoms with Crippen LogP contribution in [0.15, 0.2) is 54.7 Å². The van der Waals surface area contributed by atoms with Crippen molar-refractivity contribution in [2.75, 3.05) is 24.9 Å². The van der Waals surface area contributed by atoms with E-state index in [9.17, 15) is 4.79 Å². The van der Waals surface area contributed by atoms with Crippen LogP contribution in [0, 0.1) is 13.8 Å². The Morgan fingerprint density at radius 3 is 2.29 bits per heavy atom. The number of nitrogens with zero attached hydrogens (tertiary/aromatic N) is 1. The Bertz CT molecular complexity index is 985. The third-order valence-corrected chi connectivity index (χ3v) is 4.30. The SMILES string of the molecule is COc1ccc(NC(=O)c2ccc(Nc3ccc(C)cc3C)cn2)cc1OC. The Morgan fingerprint density at radius 1 is 0.893 bits per heavy atom. The molecule has 28 heavy (non-hydrogen) atoms. The van der Waals surface area contributed by atoms with Crippen LogP contribution in [-0.4, -0.2) is 25.1 Å². The van der Waals surface area contributed by atoms with E-state index in [0.29, 0.717) is 22.9 Å². The summed E-state index contributed by atoms with van der Waals surface area (Å²) >= 11 is 0. The molecule has 2 aromatic carbocycles. The van der Waals surface area contributed by atoms with Crippen molar-refractivity contribution in [3.8, 4) is 11.5 Å². The summed E-state index contributed by atoms with van der Waals surface area (Å²) in [4.78, 5) is 16.7. The number of aryl methyl sites for hydroxylation is 2. The van der Waals surface area contributed by atoms with E-state index in [0.717, 1.165) is 16.9 Å². The van der Waals surface area contributed by atoms with E-state index in [4.69, 9.17) is 9.47 Å². The van der Waals surface area contributed by atoms with Crippen LogP contribution in [-0.2, 0) is 0 Å². The van der Waals surface area contributed by atoms with Crippen molar-refractivity contribution in [2.24, 2.45) is 0 Å².